The van der Waals surface area contributed by atoms with Gasteiger partial charge in [-0.05, 0) is 44.0 Å². The zero-order valence-corrected chi connectivity index (χ0v) is 11.9. The molecule has 2 aromatic rings. The summed E-state index contributed by atoms with van der Waals surface area (Å²) < 4.78 is 0. The minimum absolute atomic E-state index is 0.0199. The van der Waals surface area contributed by atoms with Gasteiger partial charge in [0.25, 0.3) is 0 Å². The monoisotopic (exact) mass is 289 g/mol. The largest absolute Gasteiger partial charge is 0.372 e. The van der Waals surface area contributed by atoms with Crippen LogP contribution in [0.3, 0.4) is 0 Å². The first-order chi connectivity index (χ1) is 9.65. The second kappa shape index (κ2) is 5.29. The van der Waals surface area contributed by atoms with Crippen molar-refractivity contribution < 1.29 is 4.79 Å². The highest BCUT2D eigenvalue weighted by atomic mass is 35.5. The topological polar surface area (TPSA) is 54.0 Å². The van der Waals surface area contributed by atoms with Gasteiger partial charge in [0.2, 0.25) is 5.91 Å². The molecule has 104 valence electrons. The summed E-state index contributed by atoms with van der Waals surface area (Å²) in [6.07, 6.45) is 3.90. The predicted octanol–water partition coefficient (Wildman–Crippen LogP) is 2.97. The maximum absolute atomic E-state index is 12.0. The van der Waals surface area contributed by atoms with E-state index in [2.05, 4.69) is 15.6 Å². The molecular formula is C15H16ClN3O. The molecule has 2 N–H and O–H groups in total. The minimum Gasteiger partial charge on any atom is -0.372 e. The van der Waals surface area contributed by atoms with Crippen molar-refractivity contribution >= 4 is 34.1 Å². The molecule has 0 saturated heterocycles. The summed E-state index contributed by atoms with van der Waals surface area (Å²) in [7, 11) is 0. The molecule has 0 radical (unpaired) electrons. The molecule has 1 aliphatic rings. The van der Waals surface area contributed by atoms with Crippen LogP contribution in [0.2, 0.25) is 5.02 Å². The summed E-state index contributed by atoms with van der Waals surface area (Å²) in [4.78, 5) is 16.3. The number of benzene rings is 1. The van der Waals surface area contributed by atoms with E-state index in [-0.39, 0.29) is 11.9 Å². The molecule has 1 atom stereocenters. The standard InChI is InChI=1S/C15H16ClN3O/c1-9(15(20)19-10-4-5-10)18-13-7-6-12(16)11-3-2-8-17-14(11)13/h2-3,6-10,18H,4-5H2,1H3,(H,19,20). The number of carbonyl (C=O) groups excluding carboxylic acids is 1. The van der Waals surface area contributed by atoms with Gasteiger partial charge in [0, 0.05) is 17.6 Å². The Labute approximate surface area is 122 Å². The molecule has 4 nitrogen and oxygen atoms in total. The Balaban J connectivity index is 1.83. The summed E-state index contributed by atoms with van der Waals surface area (Å²) in [5.41, 5.74) is 1.61. The molecule has 0 aliphatic heterocycles. The lowest BCUT2D eigenvalue weighted by atomic mass is 10.1. The predicted molar refractivity (Wildman–Crippen MR) is 81.0 cm³/mol. The van der Waals surface area contributed by atoms with Crippen LogP contribution in [0.15, 0.2) is 30.5 Å². The number of rotatable bonds is 4. The highest BCUT2D eigenvalue weighted by molar-refractivity contribution is 6.35. The first-order valence-electron chi connectivity index (χ1n) is 6.75. The molecular weight excluding hydrogens is 274 g/mol. The van der Waals surface area contributed by atoms with Crippen molar-refractivity contribution in [2.45, 2.75) is 31.8 Å². The number of amides is 1. The quantitative estimate of drug-likeness (QED) is 0.910. The molecule has 1 aromatic carbocycles. The van der Waals surface area contributed by atoms with E-state index in [1.165, 1.54) is 0 Å². The fourth-order valence-corrected chi connectivity index (χ4v) is 2.32. The Morgan fingerprint density at radius 1 is 1.40 bits per heavy atom. The van der Waals surface area contributed by atoms with Crippen molar-refractivity contribution in [2.24, 2.45) is 0 Å². The van der Waals surface area contributed by atoms with Crippen LogP contribution in [0.4, 0.5) is 5.69 Å². The van der Waals surface area contributed by atoms with E-state index in [9.17, 15) is 4.79 Å². The molecule has 1 aliphatic carbocycles. The van der Waals surface area contributed by atoms with E-state index in [4.69, 9.17) is 11.6 Å². The second-order valence-corrected chi connectivity index (χ2v) is 5.55. The highest BCUT2D eigenvalue weighted by Crippen LogP contribution is 2.28. The van der Waals surface area contributed by atoms with Gasteiger partial charge in [-0.3, -0.25) is 9.78 Å². The molecule has 1 unspecified atom stereocenters. The van der Waals surface area contributed by atoms with Gasteiger partial charge in [-0.2, -0.15) is 0 Å². The number of aromatic nitrogens is 1. The maximum Gasteiger partial charge on any atom is 0.242 e. The van der Waals surface area contributed by atoms with Crippen LogP contribution in [-0.2, 0) is 4.79 Å². The van der Waals surface area contributed by atoms with Crippen LogP contribution in [0.5, 0.6) is 0 Å². The Morgan fingerprint density at radius 2 is 2.20 bits per heavy atom. The van der Waals surface area contributed by atoms with E-state index in [0.717, 1.165) is 29.4 Å². The van der Waals surface area contributed by atoms with Crippen LogP contribution in [0.1, 0.15) is 19.8 Å². The van der Waals surface area contributed by atoms with Gasteiger partial charge in [-0.15, -0.1) is 0 Å². The molecule has 1 heterocycles. The lowest BCUT2D eigenvalue weighted by Crippen LogP contribution is -2.38. The molecule has 0 spiro atoms. The number of carbonyl (C=O) groups is 1. The van der Waals surface area contributed by atoms with Crippen LogP contribution >= 0.6 is 11.6 Å². The summed E-state index contributed by atoms with van der Waals surface area (Å²) in [6, 6.07) is 7.51. The van der Waals surface area contributed by atoms with E-state index < -0.39 is 0 Å². The third-order valence-electron chi connectivity index (χ3n) is 3.41. The first-order valence-corrected chi connectivity index (χ1v) is 7.13. The van der Waals surface area contributed by atoms with Gasteiger partial charge in [-0.1, -0.05) is 11.6 Å². The van der Waals surface area contributed by atoms with Crippen LogP contribution in [-0.4, -0.2) is 23.0 Å². The summed E-state index contributed by atoms with van der Waals surface area (Å²) in [6.45, 7) is 1.85. The molecule has 3 rings (SSSR count). The third kappa shape index (κ3) is 2.70. The average molecular weight is 290 g/mol. The van der Waals surface area contributed by atoms with Crippen LogP contribution in [0, 0.1) is 0 Å². The van der Waals surface area contributed by atoms with Gasteiger partial charge >= 0.3 is 0 Å². The normalized spacial score (nSPS) is 15.9. The van der Waals surface area contributed by atoms with E-state index in [1.54, 1.807) is 6.20 Å². The van der Waals surface area contributed by atoms with Gasteiger partial charge in [-0.25, -0.2) is 0 Å². The zero-order valence-electron chi connectivity index (χ0n) is 11.2. The number of anilines is 1. The number of halogens is 1. The van der Waals surface area contributed by atoms with Crippen molar-refractivity contribution in [2.75, 3.05) is 5.32 Å². The van der Waals surface area contributed by atoms with Crippen molar-refractivity contribution in [1.29, 1.82) is 0 Å². The SMILES string of the molecule is CC(Nc1ccc(Cl)c2cccnc12)C(=O)NC1CC1. The average Bonchev–Trinajstić information content (AvgIpc) is 3.26. The van der Waals surface area contributed by atoms with Crippen molar-refractivity contribution in [1.82, 2.24) is 10.3 Å². The minimum atomic E-state index is -0.304. The fourth-order valence-electron chi connectivity index (χ4n) is 2.11. The molecule has 1 aromatic heterocycles. The number of hydrogen-bond donors (Lipinski definition) is 2. The summed E-state index contributed by atoms with van der Waals surface area (Å²) in [5, 5.41) is 7.74. The smallest absolute Gasteiger partial charge is 0.242 e. The van der Waals surface area contributed by atoms with Crippen LogP contribution in [0.25, 0.3) is 10.9 Å². The van der Waals surface area contributed by atoms with E-state index in [1.807, 2.05) is 31.2 Å². The lowest BCUT2D eigenvalue weighted by Gasteiger charge is -2.16. The van der Waals surface area contributed by atoms with E-state index in [0.29, 0.717) is 11.1 Å². The number of pyridine rings is 1. The lowest BCUT2D eigenvalue weighted by molar-refractivity contribution is -0.121. The second-order valence-electron chi connectivity index (χ2n) is 5.14. The third-order valence-corrected chi connectivity index (χ3v) is 3.74. The molecule has 1 amide bonds. The van der Waals surface area contributed by atoms with Crippen molar-refractivity contribution in [3.05, 3.63) is 35.5 Å². The van der Waals surface area contributed by atoms with Gasteiger partial charge in [0.1, 0.15) is 6.04 Å². The molecule has 0 bridgehead atoms. The number of fused-ring (bicyclic) bond motifs is 1. The summed E-state index contributed by atoms with van der Waals surface area (Å²) in [5.74, 6) is 0.0199. The zero-order chi connectivity index (χ0) is 14.1. The number of nitrogens with one attached hydrogen (secondary N) is 2. The fraction of sp³-hybridized carbons (Fsp3) is 0.333. The van der Waals surface area contributed by atoms with E-state index >= 15 is 0 Å². The van der Waals surface area contributed by atoms with Gasteiger partial charge in [0.05, 0.1) is 16.2 Å². The molecule has 5 heteroatoms. The van der Waals surface area contributed by atoms with Crippen LogP contribution < -0.4 is 10.6 Å². The Kier molecular flexibility index (Phi) is 3.49. The first kappa shape index (κ1) is 13.2. The van der Waals surface area contributed by atoms with Gasteiger partial charge in [0.15, 0.2) is 0 Å². The van der Waals surface area contributed by atoms with Gasteiger partial charge < -0.3 is 10.6 Å². The van der Waals surface area contributed by atoms with Crippen molar-refractivity contribution in [3.8, 4) is 0 Å². The van der Waals surface area contributed by atoms with Crippen molar-refractivity contribution in [3.63, 3.8) is 0 Å². The molecule has 1 fully saturated rings. The number of hydrogen-bond acceptors (Lipinski definition) is 3. The molecule has 1 saturated carbocycles. The highest BCUT2D eigenvalue weighted by Gasteiger charge is 2.25. The Bertz CT molecular complexity index is 655. The Morgan fingerprint density at radius 3 is 2.95 bits per heavy atom. The maximum atomic E-state index is 12.0. The Hall–Kier alpha value is -1.81. The number of nitrogens with zero attached hydrogens (tertiary/aromatic N) is 1. The summed E-state index contributed by atoms with van der Waals surface area (Å²) >= 11 is 6.16. The molecule has 20 heavy (non-hydrogen) atoms.